The van der Waals surface area contributed by atoms with E-state index in [9.17, 15) is 9.59 Å². The molecule has 1 amide bonds. The van der Waals surface area contributed by atoms with Gasteiger partial charge in [-0.3, -0.25) is 14.5 Å². The number of halogens is 1. The molecule has 0 spiro atoms. The highest BCUT2D eigenvalue weighted by atomic mass is 35.5. The van der Waals surface area contributed by atoms with Gasteiger partial charge in [-0.1, -0.05) is 59.8 Å². The molecule has 0 radical (unpaired) electrons. The van der Waals surface area contributed by atoms with Crippen LogP contribution < -0.4 is 0 Å². The Balaban J connectivity index is 1.75. The van der Waals surface area contributed by atoms with Gasteiger partial charge in [-0.15, -0.1) is 0 Å². The highest BCUT2D eigenvalue weighted by molar-refractivity contribution is 8.26. The molecule has 0 saturated carbocycles. The molecule has 0 bridgehead atoms. The number of hydrogen-bond acceptors (Lipinski definition) is 5. The average Bonchev–Trinajstić information content (AvgIpc) is 3.16. The van der Waals surface area contributed by atoms with E-state index in [1.807, 2.05) is 53.1 Å². The summed E-state index contributed by atoms with van der Waals surface area (Å²) in [5.41, 5.74) is 2.76. The number of amides is 1. The third-order valence-electron chi connectivity index (χ3n) is 4.37. The Labute approximate surface area is 180 Å². The zero-order chi connectivity index (χ0) is 20.5. The maximum Gasteiger partial charge on any atom is 0.323 e. The molecule has 0 atom stereocenters. The number of thiocarbonyl (C=S) groups is 1. The van der Waals surface area contributed by atoms with Gasteiger partial charge in [-0.05, 0) is 29.8 Å². The molecule has 1 aromatic heterocycles. The van der Waals surface area contributed by atoms with Gasteiger partial charge in [0.2, 0.25) is 0 Å². The van der Waals surface area contributed by atoms with Crippen molar-refractivity contribution < 1.29 is 14.7 Å². The maximum absolute atomic E-state index is 12.6. The smallest absolute Gasteiger partial charge is 0.323 e. The lowest BCUT2D eigenvalue weighted by molar-refractivity contribution is -0.140. The Morgan fingerprint density at radius 1 is 1.21 bits per heavy atom. The average molecular weight is 444 g/mol. The van der Waals surface area contributed by atoms with E-state index in [-0.39, 0.29) is 4.32 Å². The van der Waals surface area contributed by atoms with E-state index in [1.54, 1.807) is 6.08 Å². The number of carboxylic acids is 1. The minimum absolute atomic E-state index is 0.226. The molecule has 1 aliphatic rings. The van der Waals surface area contributed by atoms with Gasteiger partial charge in [-0.2, -0.15) is 0 Å². The fourth-order valence-electron chi connectivity index (χ4n) is 3.03. The van der Waals surface area contributed by atoms with Crippen LogP contribution in [-0.4, -0.2) is 42.3 Å². The van der Waals surface area contributed by atoms with Crippen molar-refractivity contribution in [2.75, 3.05) is 6.54 Å². The Kier molecular flexibility index (Phi) is 5.40. The number of aliphatic carboxylic acids is 1. The predicted molar refractivity (Wildman–Crippen MR) is 118 cm³/mol. The highest BCUT2D eigenvalue weighted by Gasteiger charge is 2.33. The van der Waals surface area contributed by atoms with Gasteiger partial charge in [-0.25, -0.2) is 4.98 Å². The summed E-state index contributed by atoms with van der Waals surface area (Å²) < 4.78 is 2.23. The van der Waals surface area contributed by atoms with Gasteiger partial charge in [0.25, 0.3) is 5.91 Å². The number of benzene rings is 2. The van der Waals surface area contributed by atoms with Crippen LogP contribution in [0.25, 0.3) is 17.1 Å². The number of thioether (sulfide) groups is 1. The molecular weight excluding hydrogens is 430 g/mol. The summed E-state index contributed by atoms with van der Waals surface area (Å²) in [5, 5.41) is 9.66. The molecule has 0 aliphatic carbocycles. The normalized spacial score (nSPS) is 15.6. The highest BCUT2D eigenvalue weighted by Crippen LogP contribution is 2.33. The lowest BCUT2D eigenvalue weighted by Crippen LogP contribution is -2.33. The summed E-state index contributed by atoms with van der Waals surface area (Å²) in [5.74, 6) is -0.943. The molecule has 2 heterocycles. The van der Waals surface area contributed by atoms with Gasteiger partial charge in [0.15, 0.2) is 0 Å². The molecule has 4 rings (SSSR count). The molecule has 1 N–H and O–H groups in total. The lowest BCUT2D eigenvalue weighted by Gasteiger charge is -2.10. The van der Waals surface area contributed by atoms with E-state index in [1.165, 1.54) is 0 Å². The van der Waals surface area contributed by atoms with Crippen molar-refractivity contribution in [3.63, 3.8) is 0 Å². The van der Waals surface area contributed by atoms with Crippen LogP contribution >= 0.6 is 35.6 Å². The van der Waals surface area contributed by atoms with Gasteiger partial charge in [0.1, 0.15) is 16.7 Å². The van der Waals surface area contributed by atoms with E-state index >= 15 is 0 Å². The van der Waals surface area contributed by atoms with Crippen LogP contribution in [0.5, 0.6) is 0 Å². The minimum Gasteiger partial charge on any atom is -0.480 e. The quantitative estimate of drug-likeness (QED) is 0.474. The van der Waals surface area contributed by atoms with Crippen molar-refractivity contribution in [2.24, 2.45) is 0 Å². The predicted octanol–water partition coefficient (Wildman–Crippen LogP) is 4.02. The number of carboxylic acid groups (broad SMARTS) is 1. The SMILES string of the molecule is O=C(O)CN1C(=O)/C(=C/c2nc3ccccc3n2Cc2ccc(Cl)cc2)SC1=S. The van der Waals surface area contributed by atoms with Crippen LogP contribution in [-0.2, 0) is 16.1 Å². The molecule has 1 saturated heterocycles. The van der Waals surface area contributed by atoms with Crippen molar-refractivity contribution in [2.45, 2.75) is 6.54 Å². The summed E-state index contributed by atoms with van der Waals surface area (Å²) in [7, 11) is 0. The van der Waals surface area contributed by atoms with Crippen molar-refractivity contribution >= 4 is 68.9 Å². The molecule has 146 valence electrons. The van der Waals surface area contributed by atoms with Crippen LogP contribution in [0, 0.1) is 0 Å². The minimum atomic E-state index is -1.11. The first-order valence-electron chi connectivity index (χ1n) is 8.59. The summed E-state index contributed by atoms with van der Waals surface area (Å²) in [4.78, 5) is 29.7. The Morgan fingerprint density at radius 3 is 2.66 bits per heavy atom. The monoisotopic (exact) mass is 443 g/mol. The topological polar surface area (TPSA) is 75.4 Å². The van der Waals surface area contributed by atoms with Gasteiger partial charge >= 0.3 is 5.97 Å². The van der Waals surface area contributed by atoms with Crippen molar-refractivity contribution in [1.29, 1.82) is 0 Å². The number of hydrogen-bond donors (Lipinski definition) is 1. The van der Waals surface area contributed by atoms with Gasteiger partial charge in [0.05, 0.1) is 15.9 Å². The summed E-state index contributed by atoms with van der Waals surface area (Å²) in [6.45, 7) is 0.0855. The van der Waals surface area contributed by atoms with E-state index in [4.69, 9.17) is 28.9 Å². The lowest BCUT2D eigenvalue weighted by atomic mass is 10.2. The first kappa shape index (κ1) is 19.6. The molecular formula is C20H14ClN3O3S2. The Bertz CT molecular complexity index is 1170. The van der Waals surface area contributed by atoms with E-state index in [2.05, 4.69) is 4.98 Å². The van der Waals surface area contributed by atoms with E-state index < -0.39 is 18.4 Å². The van der Waals surface area contributed by atoms with Gasteiger partial charge < -0.3 is 9.67 Å². The second-order valence-corrected chi connectivity index (χ2v) is 8.45. The van der Waals surface area contributed by atoms with E-state index in [0.717, 1.165) is 33.3 Å². The second-order valence-electron chi connectivity index (χ2n) is 6.33. The number of rotatable bonds is 5. The molecule has 3 aromatic rings. The standard InChI is InChI=1S/C20H14ClN3O3S2/c21-13-7-5-12(6-8-13)10-23-15-4-2-1-3-14(15)22-17(23)9-16-19(27)24(11-18(25)26)20(28)29-16/h1-9H,10-11H2,(H,25,26)/b16-9-. The fraction of sp³-hybridized carbons (Fsp3) is 0.100. The second kappa shape index (κ2) is 7.98. The van der Waals surface area contributed by atoms with Crippen LogP contribution in [0.2, 0.25) is 5.02 Å². The molecule has 6 nitrogen and oxygen atoms in total. The molecule has 1 aliphatic heterocycles. The first-order chi connectivity index (χ1) is 13.9. The van der Waals surface area contributed by atoms with Crippen molar-refractivity contribution in [3.05, 3.63) is 69.8 Å². The maximum atomic E-state index is 12.6. The largest absolute Gasteiger partial charge is 0.480 e. The zero-order valence-corrected chi connectivity index (χ0v) is 17.3. The van der Waals surface area contributed by atoms with Crippen molar-refractivity contribution in [1.82, 2.24) is 14.5 Å². The number of carbonyl (C=O) groups is 2. The zero-order valence-electron chi connectivity index (χ0n) is 14.9. The third-order valence-corrected chi connectivity index (χ3v) is 5.99. The molecule has 29 heavy (non-hydrogen) atoms. The third kappa shape index (κ3) is 4.05. The first-order valence-corrected chi connectivity index (χ1v) is 10.2. The molecule has 2 aromatic carbocycles. The molecule has 1 fully saturated rings. The summed E-state index contributed by atoms with van der Waals surface area (Å²) in [6.07, 6.45) is 1.66. The fourth-order valence-corrected chi connectivity index (χ4v) is 4.38. The number of carbonyl (C=O) groups excluding carboxylic acids is 1. The number of imidazole rings is 1. The number of fused-ring (bicyclic) bond motifs is 1. The number of aromatic nitrogens is 2. The summed E-state index contributed by atoms with van der Waals surface area (Å²) in [6, 6.07) is 15.2. The summed E-state index contributed by atoms with van der Waals surface area (Å²) >= 11 is 12.2. The van der Waals surface area contributed by atoms with Crippen LogP contribution in [0.3, 0.4) is 0 Å². The van der Waals surface area contributed by atoms with Crippen LogP contribution in [0.4, 0.5) is 0 Å². The van der Waals surface area contributed by atoms with E-state index in [0.29, 0.717) is 22.3 Å². The number of nitrogens with zero attached hydrogens (tertiary/aromatic N) is 3. The Hall–Kier alpha value is -2.68. The Morgan fingerprint density at radius 2 is 1.93 bits per heavy atom. The number of para-hydroxylation sites is 2. The van der Waals surface area contributed by atoms with Crippen molar-refractivity contribution in [3.8, 4) is 0 Å². The van der Waals surface area contributed by atoms with Crippen LogP contribution in [0.15, 0.2) is 53.4 Å². The van der Waals surface area contributed by atoms with Crippen LogP contribution in [0.1, 0.15) is 11.4 Å². The molecule has 0 unspecified atom stereocenters. The van der Waals surface area contributed by atoms with Gasteiger partial charge in [0, 0.05) is 17.6 Å². The molecule has 9 heteroatoms.